The Morgan fingerprint density at radius 1 is 1.08 bits per heavy atom. The Morgan fingerprint density at radius 3 is 2.32 bits per heavy atom. The highest BCUT2D eigenvalue weighted by molar-refractivity contribution is 7.85. The van der Waals surface area contributed by atoms with Crippen LogP contribution in [0.5, 0.6) is 0 Å². The standard InChI is InChI=1S/C19H20N4O2S.C7H8O3S/c1-11-10-26-18(20-11)13-2-3-14-15(8-13)23(21-17(14)19(24)25)16-9-22-6-4-12(16)5-7-22;1-6-2-4-7(5-3-6)11(8,9)10/h2-3,8,10,12,16H,4-7,9H2,1H3,(H,24,25);2-5H,1H3,(H,8,9,10)/t16-;/m1./s1. The van der Waals surface area contributed by atoms with Gasteiger partial charge < -0.3 is 10.0 Å². The first kappa shape index (κ1) is 25.5. The van der Waals surface area contributed by atoms with Gasteiger partial charge in [-0.05, 0) is 70.0 Å². The molecule has 3 aliphatic heterocycles. The monoisotopic (exact) mass is 540 g/mol. The molecule has 0 amide bonds. The van der Waals surface area contributed by atoms with Crippen molar-refractivity contribution < 1.29 is 22.9 Å². The van der Waals surface area contributed by atoms with Crippen molar-refractivity contribution in [1.29, 1.82) is 0 Å². The lowest BCUT2D eigenvalue weighted by Gasteiger charge is -2.44. The summed E-state index contributed by atoms with van der Waals surface area (Å²) in [4.78, 5) is 18.7. The summed E-state index contributed by atoms with van der Waals surface area (Å²) in [6.45, 7) is 7.08. The fourth-order valence-electron chi connectivity index (χ4n) is 5.09. The Labute approximate surface area is 219 Å². The number of rotatable bonds is 4. The molecule has 194 valence electrons. The van der Waals surface area contributed by atoms with Gasteiger partial charge in [-0.1, -0.05) is 23.8 Å². The van der Waals surface area contributed by atoms with Crippen LogP contribution in [0.15, 0.2) is 52.7 Å². The van der Waals surface area contributed by atoms with Crippen molar-refractivity contribution >= 4 is 38.3 Å². The summed E-state index contributed by atoms with van der Waals surface area (Å²) < 4.78 is 31.5. The van der Waals surface area contributed by atoms with Gasteiger partial charge in [0, 0.05) is 28.6 Å². The summed E-state index contributed by atoms with van der Waals surface area (Å²) in [5.41, 5.74) is 4.04. The van der Waals surface area contributed by atoms with Crippen LogP contribution in [-0.4, -0.2) is 63.3 Å². The lowest BCUT2D eigenvalue weighted by Crippen LogP contribution is -2.48. The molecular formula is C26H28N4O5S2. The van der Waals surface area contributed by atoms with Gasteiger partial charge in [0.1, 0.15) is 5.01 Å². The molecule has 5 heterocycles. The van der Waals surface area contributed by atoms with Gasteiger partial charge in [-0.15, -0.1) is 11.3 Å². The Balaban J connectivity index is 0.000000215. The third-order valence-corrected chi connectivity index (χ3v) is 8.91. The molecule has 3 aliphatic rings. The summed E-state index contributed by atoms with van der Waals surface area (Å²) in [7, 11) is -4.02. The van der Waals surface area contributed by atoms with Crippen LogP contribution in [0, 0.1) is 19.8 Å². The van der Waals surface area contributed by atoms with Crippen LogP contribution in [0.2, 0.25) is 0 Å². The average Bonchev–Trinajstić information content (AvgIpc) is 3.48. The molecule has 2 aromatic carbocycles. The van der Waals surface area contributed by atoms with E-state index in [-0.39, 0.29) is 16.6 Å². The van der Waals surface area contributed by atoms with Gasteiger partial charge >= 0.3 is 5.97 Å². The second kappa shape index (κ2) is 9.97. The summed E-state index contributed by atoms with van der Waals surface area (Å²) >= 11 is 1.61. The van der Waals surface area contributed by atoms with Crippen molar-refractivity contribution in [3.63, 3.8) is 0 Å². The number of aromatic nitrogens is 3. The van der Waals surface area contributed by atoms with E-state index in [1.807, 2.05) is 36.0 Å². The first-order valence-corrected chi connectivity index (χ1v) is 14.4. The highest BCUT2D eigenvalue weighted by Crippen LogP contribution is 2.38. The summed E-state index contributed by atoms with van der Waals surface area (Å²) in [6, 6.07) is 12.1. The van der Waals surface area contributed by atoms with E-state index in [1.54, 1.807) is 23.5 Å². The first-order valence-electron chi connectivity index (χ1n) is 12.0. The Kier molecular flexibility index (Phi) is 6.88. The smallest absolute Gasteiger partial charge is 0.357 e. The minimum atomic E-state index is -4.02. The van der Waals surface area contributed by atoms with E-state index in [9.17, 15) is 18.3 Å². The van der Waals surface area contributed by atoms with Crippen LogP contribution >= 0.6 is 11.3 Å². The van der Waals surface area contributed by atoms with E-state index >= 15 is 0 Å². The number of aromatic carboxylic acids is 1. The van der Waals surface area contributed by atoms with Crippen LogP contribution < -0.4 is 0 Å². The zero-order valence-electron chi connectivity index (χ0n) is 20.5. The van der Waals surface area contributed by atoms with Crippen molar-refractivity contribution in [2.75, 3.05) is 19.6 Å². The number of hydrogen-bond donors (Lipinski definition) is 2. The van der Waals surface area contributed by atoms with Crippen LogP contribution in [0.4, 0.5) is 0 Å². The molecule has 2 aromatic heterocycles. The Hall–Kier alpha value is -3.12. The summed E-state index contributed by atoms with van der Waals surface area (Å²) in [6.07, 6.45) is 2.33. The fraction of sp³-hybridized carbons (Fsp3) is 0.346. The van der Waals surface area contributed by atoms with Gasteiger partial charge in [0.2, 0.25) is 0 Å². The fourth-order valence-corrected chi connectivity index (χ4v) is 6.36. The van der Waals surface area contributed by atoms with Gasteiger partial charge in [0.25, 0.3) is 10.1 Å². The lowest BCUT2D eigenvalue weighted by molar-refractivity contribution is 0.0523. The molecule has 3 fully saturated rings. The van der Waals surface area contributed by atoms with Crippen molar-refractivity contribution in [1.82, 2.24) is 19.7 Å². The Morgan fingerprint density at radius 2 is 1.78 bits per heavy atom. The molecule has 3 saturated heterocycles. The van der Waals surface area contributed by atoms with E-state index in [2.05, 4.69) is 21.0 Å². The Bertz CT molecular complexity index is 1550. The van der Waals surface area contributed by atoms with E-state index in [1.165, 1.54) is 25.0 Å². The largest absolute Gasteiger partial charge is 0.476 e. The predicted molar refractivity (Wildman–Crippen MR) is 142 cm³/mol. The topological polar surface area (TPSA) is 126 Å². The maximum Gasteiger partial charge on any atom is 0.357 e. The molecule has 0 unspecified atom stereocenters. The normalized spacial score (nSPS) is 21.0. The minimum Gasteiger partial charge on any atom is -0.476 e. The van der Waals surface area contributed by atoms with Crippen molar-refractivity contribution in [2.24, 2.45) is 5.92 Å². The number of fused-ring (bicyclic) bond motifs is 4. The molecule has 11 heteroatoms. The molecule has 7 rings (SSSR count). The SMILES string of the molecule is Cc1ccc(S(=O)(=O)O)cc1.Cc1csc(-c2ccc3c(C(=O)O)nn([C@@H]4CN5CCC4CC5)c3c2)n1. The number of benzene rings is 2. The molecule has 9 nitrogen and oxygen atoms in total. The highest BCUT2D eigenvalue weighted by atomic mass is 32.2. The zero-order chi connectivity index (χ0) is 26.3. The molecule has 2 bridgehead atoms. The van der Waals surface area contributed by atoms with Crippen LogP contribution in [0.3, 0.4) is 0 Å². The zero-order valence-corrected chi connectivity index (χ0v) is 22.2. The second-order valence-corrected chi connectivity index (χ2v) is 11.9. The van der Waals surface area contributed by atoms with Gasteiger partial charge in [-0.2, -0.15) is 13.5 Å². The number of carboxylic acid groups (broad SMARTS) is 1. The molecule has 2 N–H and O–H groups in total. The number of carbonyl (C=O) groups is 1. The molecule has 4 aromatic rings. The second-order valence-electron chi connectivity index (χ2n) is 9.62. The lowest BCUT2D eigenvalue weighted by atomic mass is 9.84. The number of thiazole rings is 1. The van der Waals surface area contributed by atoms with Gasteiger partial charge in [0.05, 0.1) is 16.5 Å². The number of carboxylic acids is 1. The summed E-state index contributed by atoms with van der Waals surface area (Å²) in [5, 5.41) is 17.9. The maximum absolute atomic E-state index is 11.7. The third-order valence-electron chi connectivity index (χ3n) is 7.03. The van der Waals surface area contributed by atoms with Gasteiger partial charge in [0.15, 0.2) is 5.69 Å². The van der Waals surface area contributed by atoms with Crippen LogP contribution in [0.25, 0.3) is 21.5 Å². The highest BCUT2D eigenvalue weighted by Gasteiger charge is 2.37. The first-order chi connectivity index (χ1) is 17.6. The minimum absolute atomic E-state index is 0.0666. The van der Waals surface area contributed by atoms with Crippen LogP contribution in [0.1, 0.15) is 40.6 Å². The molecular weight excluding hydrogens is 512 g/mol. The molecule has 0 aliphatic carbocycles. The van der Waals surface area contributed by atoms with E-state index in [0.29, 0.717) is 11.3 Å². The van der Waals surface area contributed by atoms with E-state index in [0.717, 1.165) is 47.0 Å². The molecule has 0 saturated carbocycles. The average molecular weight is 541 g/mol. The maximum atomic E-state index is 11.7. The van der Waals surface area contributed by atoms with Crippen molar-refractivity contribution in [3.8, 4) is 10.6 Å². The quantitative estimate of drug-likeness (QED) is 0.358. The van der Waals surface area contributed by atoms with E-state index in [4.69, 9.17) is 4.55 Å². The third kappa shape index (κ3) is 5.30. The number of aryl methyl sites for hydroxylation is 2. The molecule has 0 spiro atoms. The molecule has 1 atom stereocenters. The van der Waals surface area contributed by atoms with Crippen molar-refractivity contribution in [3.05, 3.63) is 64.8 Å². The number of hydrogen-bond acceptors (Lipinski definition) is 7. The van der Waals surface area contributed by atoms with Gasteiger partial charge in [-0.25, -0.2) is 9.78 Å². The van der Waals surface area contributed by atoms with E-state index < -0.39 is 16.1 Å². The number of nitrogens with zero attached hydrogens (tertiary/aromatic N) is 4. The predicted octanol–water partition coefficient (Wildman–Crippen LogP) is 4.67. The molecule has 37 heavy (non-hydrogen) atoms. The van der Waals surface area contributed by atoms with Crippen molar-refractivity contribution in [2.45, 2.75) is 37.6 Å². The number of piperidine rings is 3. The van der Waals surface area contributed by atoms with Crippen LogP contribution in [-0.2, 0) is 10.1 Å². The molecule has 0 radical (unpaired) electrons. The van der Waals surface area contributed by atoms with Gasteiger partial charge in [-0.3, -0.25) is 9.23 Å². The summed E-state index contributed by atoms with van der Waals surface area (Å²) in [5.74, 6) is -0.386.